The average molecular weight is 451 g/mol. The third kappa shape index (κ3) is 5.51. The molecule has 1 amide bonds. The summed E-state index contributed by atoms with van der Waals surface area (Å²) in [6.45, 7) is -0.244. The van der Waals surface area contributed by atoms with E-state index in [1.54, 1.807) is 30.3 Å². The van der Waals surface area contributed by atoms with E-state index in [0.717, 1.165) is 16.7 Å². The molecule has 3 aromatic rings. The van der Waals surface area contributed by atoms with Gasteiger partial charge in [-0.25, -0.2) is 14.9 Å². The topological polar surface area (TPSA) is 144 Å². The van der Waals surface area contributed by atoms with E-state index in [9.17, 15) is 14.7 Å². The summed E-state index contributed by atoms with van der Waals surface area (Å²) in [6, 6.07) is 12.4. The van der Waals surface area contributed by atoms with E-state index < -0.39 is 18.0 Å². The van der Waals surface area contributed by atoms with Crippen LogP contribution in [-0.2, 0) is 11.3 Å². The van der Waals surface area contributed by atoms with Gasteiger partial charge < -0.3 is 10.2 Å². The van der Waals surface area contributed by atoms with Gasteiger partial charge >= 0.3 is 11.9 Å². The number of H-pyrrole nitrogens is 1. The van der Waals surface area contributed by atoms with Crippen LogP contribution in [0.5, 0.6) is 0 Å². The molecular formula is C18H16Cl2N6O4. The Morgan fingerprint density at radius 3 is 2.53 bits per heavy atom. The SMILES string of the molecule is O=C(NN(Cc1ccc(-c2cc(Cl)ccc2Cl)cc1)CC(O)C(=O)O)c1nnn[nH]1. The molecule has 156 valence electrons. The molecule has 0 aliphatic carbocycles. The van der Waals surface area contributed by atoms with Crippen LogP contribution in [0.1, 0.15) is 16.2 Å². The van der Waals surface area contributed by atoms with Gasteiger partial charge in [0.05, 0.1) is 6.54 Å². The standard InChI is InChI=1S/C18H16Cl2N6O4/c19-12-5-6-14(20)13(7-12)11-3-1-10(2-4-11)8-26(9-15(27)18(29)30)23-17(28)16-21-24-25-22-16/h1-7,15,27H,8-9H2,(H,23,28)(H,29,30)(H,21,22,24,25). The number of nitrogens with zero attached hydrogens (tertiary/aromatic N) is 4. The van der Waals surface area contributed by atoms with Gasteiger partial charge in [-0.2, -0.15) is 0 Å². The predicted octanol–water partition coefficient (Wildman–Crippen LogP) is 1.77. The van der Waals surface area contributed by atoms with Crippen molar-refractivity contribution in [2.75, 3.05) is 6.54 Å². The molecule has 0 aliphatic heterocycles. The Kier molecular flexibility index (Phi) is 6.95. The summed E-state index contributed by atoms with van der Waals surface area (Å²) >= 11 is 12.3. The maximum absolute atomic E-state index is 12.2. The van der Waals surface area contributed by atoms with Gasteiger partial charge in [0.25, 0.3) is 0 Å². The number of aliphatic hydroxyl groups excluding tert-OH is 1. The number of amides is 1. The lowest BCUT2D eigenvalue weighted by atomic mass is 10.0. The summed E-state index contributed by atoms with van der Waals surface area (Å²) in [4.78, 5) is 23.2. The highest BCUT2D eigenvalue weighted by Gasteiger charge is 2.21. The number of aliphatic carboxylic acids is 1. The molecular weight excluding hydrogens is 435 g/mol. The second kappa shape index (κ2) is 9.63. The molecule has 3 rings (SSSR count). The third-order valence-corrected chi connectivity index (χ3v) is 4.63. The first-order chi connectivity index (χ1) is 14.3. The fourth-order valence-corrected chi connectivity index (χ4v) is 3.02. The molecule has 0 saturated carbocycles. The highest BCUT2D eigenvalue weighted by atomic mass is 35.5. The van der Waals surface area contributed by atoms with Crippen molar-refractivity contribution in [2.24, 2.45) is 0 Å². The van der Waals surface area contributed by atoms with Crippen LogP contribution in [0.15, 0.2) is 42.5 Å². The first-order valence-corrected chi connectivity index (χ1v) is 9.34. The van der Waals surface area contributed by atoms with Crippen molar-refractivity contribution in [3.63, 3.8) is 0 Å². The number of carbonyl (C=O) groups excluding carboxylic acids is 1. The maximum atomic E-state index is 12.2. The van der Waals surface area contributed by atoms with Crippen molar-refractivity contribution in [3.8, 4) is 11.1 Å². The Hall–Kier alpha value is -3.05. The molecule has 1 heterocycles. The summed E-state index contributed by atoms with van der Waals surface area (Å²) in [5.41, 5.74) is 4.81. The Balaban J connectivity index is 1.76. The van der Waals surface area contributed by atoms with Gasteiger partial charge in [0, 0.05) is 22.2 Å². The molecule has 0 fully saturated rings. The summed E-state index contributed by atoms with van der Waals surface area (Å²) in [5, 5.41) is 33.5. The van der Waals surface area contributed by atoms with Gasteiger partial charge in [-0.15, -0.1) is 5.10 Å². The van der Waals surface area contributed by atoms with E-state index in [4.69, 9.17) is 28.3 Å². The zero-order chi connectivity index (χ0) is 21.7. The number of carboxylic acids is 1. The van der Waals surface area contributed by atoms with Crippen molar-refractivity contribution < 1.29 is 19.8 Å². The smallest absolute Gasteiger partial charge is 0.333 e. The minimum atomic E-state index is -1.71. The van der Waals surface area contributed by atoms with Crippen molar-refractivity contribution in [3.05, 3.63) is 63.9 Å². The van der Waals surface area contributed by atoms with Crippen molar-refractivity contribution >= 4 is 35.1 Å². The van der Waals surface area contributed by atoms with Gasteiger partial charge in [-0.3, -0.25) is 10.2 Å². The monoisotopic (exact) mass is 450 g/mol. The molecule has 4 N–H and O–H groups in total. The van der Waals surface area contributed by atoms with Gasteiger partial charge in [0.15, 0.2) is 6.10 Å². The lowest BCUT2D eigenvalue weighted by Crippen LogP contribution is -2.47. The molecule has 12 heteroatoms. The second-order valence-electron chi connectivity index (χ2n) is 6.25. The van der Waals surface area contributed by atoms with Gasteiger partial charge in [0.2, 0.25) is 5.82 Å². The summed E-state index contributed by atoms with van der Waals surface area (Å²) in [5.74, 6) is -2.25. The molecule has 0 radical (unpaired) electrons. The Bertz CT molecular complexity index is 1030. The number of rotatable bonds is 8. The van der Waals surface area contributed by atoms with E-state index in [0.29, 0.717) is 10.0 Å². The number of aromatic amines is 1. The number of benzene rings is 2. The molecule has 0 aliphatic rings. The predicted molar refractivity (Wildman–Crippen MR) is 108 cm³/mol. The molecule has 0 spiro atoms. The van der Waals surface area contributed by atoms with E-state index in [1.165, 1.54) is 5.01 Å². The van der Waals surface area contributed by atoms with Crippen LogP contribution < -0.4 is 5.43 Å². The van der Waals surface area contributed by atoms with Crippen LogP contribution in [0.2, 0.25) is 10.0 Å². The molecule has 0 saturated heterocycles. The van der Waals surface area contributed by atoms with Crippen LogP contribution >= 0.6 is 23.2 Å². The number of aromatic nitrogens is 4. The minimum Gasteiger partial charge on any atom is -0.479 e. The average Bonchev–Trinajstić information content (AvgIpc) is 3.25. The lowest BCUT2D eigenvalue weighted by molar-refractivity contribution is -0.148. The van der Waals surface area contributed by atoms with Crippen LogP contribution in [0.4, 0.5) is 0 Å². The number of hydrogen-bond acceptors (Lipinski definition) is 7. The number of tetrazole rings is 1. The van der Waals surface area contributed by atoms with Gasteiger partial charge in [0.1, 0.15) is 0 Å². The van der Waals surface area contributed by atoms with Gasteiger partial charge in [-0.05, 0) is 39.8 Å². The number of halogens is 2. The van der Waals surface area contributed by atoms with E-state index in [1.807, 2.05) is 12.1 Å². The van der Waals surface area contributed by atoms with Crippen LogP contribution in [0.3, 0.4) is 0 Å². The summed E-state index contributed by atoms with van der Waals surface area (Å²) < 4.78 is 0. The zero-order valence-corrected chi connectivity index (χ0v) is 16.8. The van der Waals surface area contributed by atoms with Crippen molar-refractivity contribution in [2.45, 2.75) is 12.6 Å². The van der Waals surface area contributed by atoms with E-state index in [-0.39, 0.29) is 18.9 Å². The van der Waals surface area contributed by atoms with Gasteiger partial charge in [-0.1, -0.05) is 47.5 Å². The highest BCUT2D eigenvalue weighted by molar-refractivity contribution is 6.35. The number of carboxylic acid groups (broad SMARTS) is 1. The fourth-order valence-electron chi connectivity index (χ4n) is 2.62. The largest absolute Gasteiger partial charge is 0.479 e. The van der Waals surface area contributed by atoms with Crippen LogP contribution in [0.25, 0.3) is 11.1 Å². The number of carbonyl (C=O) groups is 2. The molecule has 2 aromatic carbocycles. The maximum Gasteiger partial charge on any atom is 0.333 e. The Morgan fingerprint density at radius 1 is 1.17 bits per heavy atom. The third-order valence-electron chi connectivity index (χ3n) is 4.07. The van der Waals surface area contributed by atoms with Crippen LogP contribution in [0, 0.1) is 0 Å². The van der Waals surface area contributed by atoms with Crippen molar-refractivity contribution in [1.82, 2.24) is 31.1 Å². The molecule has 30 heavy (non-hydrogen) atoms. The summed E-state index contributed by atoms with van der Waals surface area (Å²) in [6.07, 6.45) is -1.71. The lowest BCUT2D eigenvalue weighted by Gasteiger charge is -2.24. The number of hydrogen-bond donors (Lipinski definition) is 4. The van der Waals surface area contributed by atoms with Crippen molar-refractivity contribution in [1.29, 1.82) is 0 Å². The number of nitrogens with one attached hydrogen (secondary N) is 2. The fraction of sp³-hybridized carbons (Fsp3) is 0.167. The number of aliphatic hydroxyl groups is 1. The zero-order valence-electron chi connectivity index (χ0n) is 15.3. The normalized spacial score (nSPS) is 12.0. The first-order valence-electron chi connectivity index (χ1n) is 8.58. The number of hydrazine groups is 1. The Morgan fingerprint density at radius 2 is 1.90 bits per heavy atom. The second-order valence-corrected chi connectivity index (χ2v) is 7.09. The molecule has 10 nitrogen and oxygen atoms in total. The molecule has 1 aromatic heterocycles. The minimum absolute atomic E-state index is 0.112. The molecule has 1 unspecified atom stereocenters. The molecule has 1 atom stereocenters. The quantitative estimate of drug-likeness (QED) is 0.380. The van der Waals surface area contributed by atoms with E-state index >= 15 is 0 Å². The summed E-state index contributed by atoms with van der Waals surface area (Å²) in [7, 11) is 0. The molecule has 0 bridgehead atoms. The Labute approximate surface area is 180 Å². The van der Waals surface area contributed by atoms with Crippen LogP contribution in [-0.4, -0.2) is 60.4 Å². The van der Waals surface area contributed by atoms with E-state index in [2.05, 4.69) is 26.0 Å². The highest BCUT2D eigenvalue weighted by Crippen LogP contribution is 2.30. The first kappa shape index (κ1) is 21.7.